The second kappa shape index (κ2) is 9.10. The second-order valence-corrected chi connectivity index (χ2v) is 9.08. The molecule has 0 aromatic heterocycles. The van der Waals surface area contributed by atoms with E-state index in [0.29, 0.717) is 22.7 Å². The standard InChI is InChI=1S/C21H28N2O4S/c1-14(2)12-20(16-6-9-18(27-4)10-7-16)22-21(24)17-8-11-19(15(3)13-17)23-28(5,25)26/h6-11,13-14,20,23H,12H2,1-5H3,(H,22,24)/t20-/m1/s1. The van der Waals surface area contributed by atoms with Crippen LogP contribution < -0.4 is 14.8 Å². The third-order valence-electron chi connectivity index (χ3n) is 4.31. The Hall–Kier alpha value is -2.54. The predicted molar refractivity (Wildman–Crippen MR) is 112 cm³/mol. The van der Waals surface area contributed by atoms with Crippen LogP contribution in [0.1, 0.15) is 47.8 Å². The Bertz CT molecular complexity index is 922. The Morgan fingerprint density at radius 1 is 1.11 bits per heavy atom. The van der Waals surface area contributed by atoms with Gasteiger partial charge in [0.2, 0.25) is 10.0 Å². The summed E-state index contributed by atoms with van der Waals surface area (Å²) in [5, 5.41) is 3.09. The third kappa shape index (κ3) is 6.27. The molecule has 0 saturated heterocycles. The molecule has 1 amide bonds. The third-order valence-corrected chi connectivity index (χ3v) is 4.91. The van der Waals surface area contributed by atoms with Gasteiger partial charge in [-0.1, -0.05) is 26.0 Å². The Kier molecular flexibility index (Phi) is 7.07. The van der Waals surface area contributed by atoms with E-state index in [1.54, 1.807) is 32.2 Å². The Morgan fingerprint density at radius 3 is 2.25 bits per heavy atom. The van der Waals surface area contributed by atoms with Crippen molar-refractivity contribution in [3.8, 4) is 5.75 Å². The summed E-state index contributed by atoms with van der Waals surface area (Å²) in [4.78, 5) is 12.8. The van der Waals surface area contributed by atoms with Crippen LogP contribution in [-0.4, -0.2) is 27.7 Å². The van der Waals surface area contributed by atoms with Crippen LogP contribution in [0.15, 0.2) is 42.5 Å². The summed E-state index contributed by atoms with van der Waals surface area (Å²) in [6.07, 6.45) is 1.89. The zero-order chi connectivity index (χ0) is 20.9. The molecule has 0 aliphatic heterocycles. The van der Waals surface area contributed by atoms with Gasteiger partial charge in [-0.05, 0) is 60.7 Å². The first-order valence-corrected chi connectivity index (χ1v) is 11.0. The average Bonchev–Trinajstić information content (AvgIpc) is 2.61. The van der Waals surface area contributed by atoms with Crippen LogP contribution in [0.2, 0.25) is 0 Å². The molecule has 2 rings (SSSR count). The number of hydrogen-bond acceptors (Lipinski definition) is 4. The summed E-state index contributed by atoms with van der Waals surface area (Å²) in [6.45, 7) is 5.98. The number of nitrogens with one attached hydrogen (secondary N) is 2. The maximum Gasteiger partial charge on any atom is 0.251 e. The average molecular weight is 405 g/mol. The van der Waals surface area contributed by atoms with Crippen molar-refractivity contribution in [1.82, 2.24) is 5.32 Å². The molecule has 0 aliphatic carbocycles. The molecule has 7 heteroatoms. The van der Waals surface area contributed by atoms with Gasteiger partial charge in [0.15, 0.2) is 0 Å². The van der Waals surface area contributed by atoms with Gasteiger partial charge in [-0.25, -0.2) is 8.42 Å². The van der Waals surface area contributed by atoms with Crippen molar-refractivity contribution >= 4 is 21.6 Å². The fourth-order valence-corrected chi connectivity index (χ4v) is 3.58. The number of rotatable bonds is 8. The molecule has 152 valence electrons. The van der Waals surface area contributed by atoms with E-state index in [2.05, 4.69) is 23.9 Å². The number of ether oxygens (including phenoxy) is 1. The van der Waals surface area contributed by atoms with Crippen molar-refractivity contribution in [2.75, 3.05) is 18.1 Å². The zero-order valence-electron chi connectivity index (χ0n) is 16.9. The predicted octanol–water partition coefficient (Wildman–Crippen LogP) is 3.89. The van der Waals surface area contributed by atoms with E-state index in [4.69, 9.17) is 4.74 Å². The minimum absolute atomic E-state index is 0.132. The Labute approximate surface area is 167 Å². The van der Waals surface area contributed by atoms with E-state index >= 15 is 0 Å². The highest BCUT2D eigenvalue weighted by atomic mass is 32.2. The smallest absolute Gasteiger partial charge is 0.251 e. The highest BCUT2D eigenvalue weighted by Gasteiger charge is 2.18. The maximum absolute atomic E-state index is 12.8. The molecule has 28 heavy (non-hydrogen) atoms. The van der Waals surface area contributed by atoms with Crippen molar-refractivity contribution < 1.29 is 17.9 Å². The molecule has 2 N–H and O–H groups in total. The minimum atomic E-state index is -3.37. The maximum atomic E-state index is 12.8. The lowest BCUT2D eigenvalue weighted by Gasteiger charge is -2.22. The highest BCUT2D eigenvalue weighted by Crippen LogP contribution is 2.25. The Morgan fingerprint density at radius 2 is 1.75 bits per heavy atom. The van der Waals surface area contributed by atoms with Gasteiger partial charge in [0.1, 0.15) is 5.75 Å². The van der Waals surface area contributed by atoms with Crippen molar-refractivity contribution in [2.45, 2.75) is 33.2 Å². The summed E-state index contributed by atoms with van der Waals surface area (Å²) in [6, 6.07) is 12.4. The lowest BCUT2D eigenvalue weighted by Crippen LogP contribution is -2.29. The fraction of sp³-hybridized carbons (Fsp3) is 0.381. The molecule has 0 radical (unpaired) electrons. The van der Waals surface area contributed by atoms with E-state index in [0.717, 1.165) is 24.0 Å². The van der Waals surface area contributed by atoms with Crippen LogP contribution in [0.3, 0.4) is 0 Å². The first kappa shape index (κ1) is 21.8. The molecule has 6 nitrogen and oxygen atoms in total. The largest absolute Gasteiger partial charge is 0.497 e. The number of anilines is 1. The number of aryl methyl sites for hydroxylation is 1. The van der Waals surface area contributed by atoms with E-state index in [-0.39, 0.29) is 11.9 Å². The van der Waals surface area contributed by atoms with Gasteiger partial charge in [0, 0.05) is 5.56 Å². The van der Waals surface area contributed by atoms with Crippen LogP contribution in [-0.2, 0) is 10.0 Å². The highest BCUT2D eigenvalue weighted by molar-refractivity contribution is 7.92. The first-order valence-electron chi connectivity index (χ1n) is 9.12. The van der Waals surface area contributed by atoms with Gasteiger partial charge in [-0.3, -0.25) is 9.52 Å². The molecule has 0 saturated carbocycles. The molecule has 0 spiro atoms. The topological polar surface area (TPSA) is 84.5 Å². The van der Waals surface area contributed by atoms with E-state index in [9.17, 15) is 13.2 Å². The summed E-state index contributed by atoms with van der Waals surface area (Å²) in [5.74, 6) is 0.967. The summed E-state index contributed by atoms with van der Waals surface area (Å²) < 4.78 is 30.5. The number of amides is 1. The van der Waals surface area contributed by atoms with E-state index in [1.165, 1.54) is 0 Å². The lowest BCUT2D eigenvalue weighted by atomic mass is 9.96. The van der Waals surface area contributed by atoms with Gasteiger partial charge >= 0.3 is 0 Å². The van der Waals surface area contributed by atoms with Crippen LogP contribution in [0.25, 0.3) is 0 Å². The zero-order valence-corrected chi connectivity index (χ0v) is 17.8. The minimum Gasteiger partial charge on any atom is -0.497 e. The number of carbonyl (C=O) groups excluding carboxylic acids is 1. The molecule has 2 aromatic rings. The fourth-order valence-electron chi connectivity index (χ4n) is 2.95. The van der Waals surface area contributed by atoms with Crippen LogP contribution >= 0.6 is 0 Å². The number of carbonyl (C=O) groups is 1. The quantitative estimate of drug-likeness (QED) is 0.699. The number of sulfonamides is 1. The molecule has 0 aliphatic rings. The molecule has 0 fully saturated rings. The van der Waals surface area contributed by atoms with Gasteiger partial charge in [-0.2, -0.15) is 0 Å². The van der Waals surface area contributed by atoms with Gasteiger partial charge < -0.3 is 10.1 Å². The molecule has 1 atom stereocenters. The number of hydrogen-bond donors (Lipinski definition) is 2. The van der Waals surface area contributed by atoms with E-state index < -0.39 is 10.0 Å². The van der Waals surface area contributed by atoms with Crippen molar-refractivity contribution in [3.63, 3.8) is 0 Å². The molecule has 2 aromatic carbocycles. The van der Waals surface area contributed by atoms with E-state index in [1.807, 2.05) is 24.3 Å². The summed E-state index contributed by atoms with van der Waals surface area (Å²) >= 11 is 0. The van der Waals surface area contributed by atoms with Gasteiger partial charge in [0.25, 0.3) is 5.91 Å². The normalized spacial score (nSPS) is 12.5. The SMILES string of the molecule is COc1ccc([C@@H](CC(C)C)NC(=O)c2ccc(NS(C)(=O)=O)c(C)c2)cc1. The van der Waals surface area contributed by atoms with Crippen LogP contribution in [0.4, 0.5) is 5.69 Å². The summed E-state index contributed by atoms with van der Waals surface area (Å²) in [7, 11) is -1.75. The monoisotopic (exact) mass is 404 g/mol. The summed E-state index contributed by atoms with van der Waals surface area (Å²) in [5.41, 5.74) is 2.64. The first-order chi connectivity index (χ1) is 13.1. The molecular weight excluding hydrogens is 376 g/mol. The number of benzene rings is 2. The van der Waals surface area contributed by atoms with Crippen LogP contribution in [0.5, 0.6) is 5.75 Å². The van der Waals surface area contributed by atoms with Gasteiger partial charge in [-0.15, -0.1) is 0 Å². The van der Waals surface area contributed by atoms with Crippen molar-refractivity contribution in [2.24, 2.45) is 5.92 Å². The second-order valence-electron chi connectivity index (χ2n) is 7.33. The van der Waals surface area contributed by atoms with Gasteiger partial charge in [0.05, 0.1) is 25.1 Å². The molecule has 0 heterocycles. The van der Waals surface area contributed by atoms with Crippen molar-refractivity contribution in [3.05, 3.63) is 59.2 Å². The van der Waals surface area contributed by atoms with Crippen LogP contribution in [0, 0.1) is 12.8 Å². The molecule has 0 bridgehead atoms. The molecular formula is C21H28N2O4S. The number of methoxy groups -OCH3 is 1. The molecule has 0 unspecified atom stereocenters. The van der Waals surface area contributed by atoms with Crippen molar-refractivity contribution in [1.29, 1.82) is 0 Å². The lowest BCUT2D eigenvalue weighted by molar-refractivity contribution is 0.0932. The Balaban J connectivity index is 2.21.